The lowest BCUT2D eigenvalue weighted by Gasteiger charge is -1.72. The molecular weight excluding hydrogens is 180 g/mol. The van der Waals surface area contributed by atoms with Crippen molar-refractivity contribution in [3.05, 3.63) is 37.5 Å². The first-order chi connectivity index (χ1) is 7.24. The summed E-state index contributed by atoms with van der Waals surface area (Å²) < 4.78 is 0. The molecule has 0 N–H and O–H groups in total. The summed E-state index contributed by atoms with van der Waals surface area (Å²) in [5, 5.41) is 0. The molecule has 0 fully saturated rings. The zero-order valence-corrected chi connectivity index (χ0v) is 11.3. The Hall–Kier alpha value is -0.780. The van der Waals surface area contributed by atoms with E-state index in [0.717, 1.165) is 19.3 Å². The van der Waals surface area contributed by atoms with Crippen LogP contribution in [-0.4, -0.2) is 0 Å². The number of allylic oxidation sites excluding steroid dienone is 4. The Bertz CT molecular complexity index is 110. The smallest absolute Gasteiger partial charge is 0.0356 e. The Morgan fingerprint density at radius 1 is 0.867 bits per heavy atom. The topological polar surface area (TPSA) is 0 Å². The number of unbranched alkanes of at least 4 members (excludes halogenated alkanes) is 2. The third kappa shape index (κ3) is 61.1. The standard InChI is InChI=1S/3C5H10/c3*1-3-5-4-2/h3,5H,4H2,1-2H3;2*3H,1,4-5H2,2H3. The maximum Gasteiger partial charge on any atom is -0.0356 e. The van der Waals surface area contributed by atoms with Crippen LogP contribution in [0.25, 0.3) is 0 Å². The molecule has 0 spiro atoms. The third-order valence-electron chi connectivity index (χ3n) is 1.46. The lowest BCUT2D eigenvalue weighted by Crippen LogP contribution is -1.52. The molecule has 0 atom stereocenters. The molecule has 0 aliphatic heterocycles. The van der Waals surface area contributed by atoms with Gasteiger partial charge in [0.15, 0.2) is 0 Å². The third-order valence-corrected chi connectivity index (χ3v) is 1.46. The molecule has 0 nitrogen and oxygen atoms in total. The van der Waals surface area contributed by atoms with Gasteiger partial charge in [0.2, 0.25) is 0 Å². The second-order valence-electron chi connectivity index (χ2n) is 3.13. The minimum Gasteiger partial charge on any atom is -0.103 e. The molecule has 90 valence electrons. The fourth-order valence-electron chi connectivity index (χ4n) is 0.644. The Morgan fingerprint density at radius 3 is 1.27 bits per heavy atom. The van der Waals surface area contributed by atoms with Gasteiger partial charge in [0, 0.05) is 0 Å². The summed E-state index contributed by atoms with van der Waals surface area (Å²) in [5.74, 6) is 0. The molecule has 0 aromatic carbocycles. The van der Waals surface area contributed by atoms with Crippen LogP contribution in [0.1, 0.15) is 59.8 Å². The molecule has 0 aliphatic rings. The van der Waals surface area contributed by atoms with E-state index in [1.165, 1.54) is 12.8 Å². The molecule has 0 radical (unpaired) electrons. The fourth-order valence-corrected chi connectivity index (χ4v) is 0.644. The summed E-state index contributed by atoms with van der Waals surface area (Å²) >= 11 is 0. The second kappa shape index (κ2) is 29.2. The number of rotatable bonds is 5. The van der Waals surface area contributed by atoms with Gasteiger partial charge in [0.1, 0.15) is 0 Å². The zero-order valence-electron chi connectivity index (χ0n) is 11.3. The average Bonchev–Trinajstić information content (AvgIpc) is 2.23. The van der Waals surface area contributed by atoms with Gasteiger partial charge in [-0.05, 0) is 26.2 Å². The Labute approximate surface area is 97.8 Å². The van der Waals surface area contributed by atoms with Gasteiger partial charge in [-0.3, -0.25) is 0 Å². The van der Waals surface area contributed by atoms with Gasteiger partial charge in [-0.1, -0.05) is 57.9 Å². The van der Waals surface area contributed by atoms with Crippen molar-refractivity contribution < 1.29 is 0 Å². The molecule has 0 heterocycles. The summed E-state index contributed by atoms with van der Waals surface area (Å²) in [6.07, 6.45) is 14.0. The molecule has 0 aromatic heterocycles. The van der Waals surface area contributed by atoms with Crippen molar-refractivity contribution >= 4 is 0 Å². The van der Waals surface area contributed by atoms with Gasteiger partial charge in [0.25, 0.3) is 0 Å². The highest BCUT2D eigenvalue weighted by Crippen LogP contribution is 1.82. The van der Waals surface area contributed by atoms with E-state index in [1.54, 1.807) is 0 Å². The predicted molar refractivity (Wildman–Crippen MR) is 75.3 cm³/mol. The molecular formula is C15H30. The lowest BCUT2D eigenvalue weighted by atomic mass is 10.3. The quantitative estimate of drug-likeness (QED) is 0.494. The number of hydrogen-bond acceptors (Lipinski definition) is 0. The van der Waals surface area contributed by atoms with Crippen LogP contribution in [0.2, 0.25) is 0 Å². The van der Waals surface area contributed by atoms with Gasteiger partial charge in [-0.2, -0.15) is 0 Å². The van der Waals surface area contributed by atoms with E-state index in [-0.39, 0.29) is 0 Å². The molecule has 0 saturated carbocycles. The van der Waals surface area contributed by atoms with Crippen LogP contribution in [0.4, 0.5) is 0 Å². The maximum absolute atomic E-state index is 3.55. The zero-order chi connectivity index (χ0) is 12.4. The van der Waals surface area contributed by atoms with E-state index in [9.17, 15) is 0 Å². The normalized spacial score (nSPS) is 8.27. The first kappa shape index (κ1) is 19.7. The van der Waals surface area contributed by atoms with Crippen LogP contribution in [0, 0.1) is 0 Å². The summed E-state index contributed by atoms with van der Waals surface area (Å²) in [6, 6.07) is 0. The average molecular weight is 210 g/mol. The van der Waals surface area contributed by atoms with Crippen LogP contribution >= 0.6 is 0 Å². The molecule has 0 rings (SSSR count). The maximum atomic E-state index is 3.55. The van der Waals surface area contributed by atoms with Gasteiger partial charge >= 0.3 is 0 Å². The first-order valence-electron chi connectivity index (χ1n) is 6.07. The van der Waals surface area contributed by atoms with Crippen LogP contribution in [0.15, 0.2) is 37.5 Å². The first-order valence-corrected chi connectivity index (χ1v) is 6.07. The highest BCUT2D eigenvalue weighted by Gasteiger charge is 1.62. The molecule has 0 aliphatic carbocycles. The van der Waals surface area contributed by atoms with Crippen molar-refractivity contribution in [3.63, 3.8) is 0 Å². The number of hydrogen-bond donors (Lipinski definition) is 0. The van der Waals surface area contributed by atoms with Crippen molar-refractivity contribution in [3.8, 4) is 0 Å². The molecule has 0 saturated heterocycles. The summed E-state index contributed by atoms with van der Waals surface area (Å²) in [7, 11) is 0. The highest BCUT2D eigenvalue weighted by atomic mass is 13.7. The monoisotopic (exact) mass is 210 g/mol. The van der Waals surface area contributed by atoms with Gasteiger partial charge in [-0.15, -0.1) is 13.2 Å². The summed E-state index contributed by atoms with van der Waals surface area (Å²) in [6.45, 7) is 15.5. The van der Waals surface area contributed by atoms with E-state index in [1.807, 2.05) is 19.1 Å². The van der Waals surface area contributed by atoms with Gasteiger partial charge in [-0.25, -0.2) is 0 Å². The van der Waals surface area contributed by atoms with Crippen LogP contribution < -0.4 is 0 Å². The Kier molecular flexibility index (Phi) is 38.5. The molecule has 0 heteroatoms. The minimum absolute atomic E-state index is 1.15. The van der Waals surface area contributed by atoms with E-state index in [2.05, 4.69) is 46.1 Å². The summed E-state index contributed by atoms with van der Waals surface area (Å²) in [4.78, 5) is 0. The van der Waals surface area contributed by atoms with Crippen molar-refractivity contribution in [1.29, 1.82) is 0 Å². The van der Waals surface area contributed by atoms with Gasteiger partial charge < -0.3 is 0 Å². The summed E-state index contributed by atoms with van der Waals surface area (Å²) in [5.41, 5.74) is 0. The van der Waals surface area contributed by atoms with E-state index in [0.29, 0.717) is 0 Å². The Morgan fingerprint density at radius 2 is 1.27 bits per heavy atom. The second-order valence-corrected chi connectivity index (χ2v) is 3.13. The lowest BCUT2D eigenvalue weighted by molar-refractivity contribution is 0.961. The van der Waals surface area contributed by atoms with Crippen LogP contribution in [0.5, 0.6) is 0 Å². The van der Waals surface area contributed by atoms with Gasteiger partial charge in [0.05, 0.1) is 0 Å². The van der Waals surface area contributed by atoms with Crippen LogP contribution in [0.3, 0.4) is 0 Å². The molecule has 0 aromatic rings. The SMILES string of the molecule is C=CCCC.C=CCCC.CC=CCC. The van der Waals surface area contributed by atoms with E-state index >= 15 is 0 Å². The van der Waals surface area contributed by atoms with Crippen molar-refractivity contribution in [2.75, 3.05) is 0 Å². The molecule has 15 heavy (non-hydrogen) atoms. The van der Waals surface area contributed by atoms with E-state index < -0.39 is 0 Å². The van der Waals surface area contributed by atoms with Crippen molar-refractivity contribution in [2.24, 2.45) is 0 Å². The largest absolute Gasteiger partial charge is 0.103 e. The van der Waals surface area contributed by atoms with E-state index in [4.69, 9.17) is 0 Å². The molecule has 0 bridgehead atoms. The fraction of sp³-hybridized carbons (Fsp3) is 0.600. The molecule has 0 unspecified atom stereocenters. The Balaban J connectivity index is -0.000000144. The highest BCUT2D eigenvalue weighted by molar-refractivity contribution is 4.73. The predicted octanol–water partition coefficient (Wildman–Crippen LogP) is 5.92. The van der Waals surface area contributed by atoms with Crippen molar-refractivity contribution in [1.82, 2.24) is 0 Å². The van der Waals surface area contributed by atoms with Crippen LogP contribution in [-0.2, 0) is 0 Å². The van der Waals surface area contributed by atoms with Crippen molar-refractivity contribution in [2.45, 2.75) is 59.8 Å². The minimum atomic E-state index is 1.15. The molecule has 0 amide bonds.